The maximum absolute atomic E-state index is 7.76. The minimum Gasteiger partial charge on any atom is -0.370 e. The van der Waals surface area contributed by atoms with Gasteiger partial charge in [-0.15, -0.1) is 0 Å². The summed E-state index contributed by atoms with van der Waals surface area (Å²) in [6, 6.07) is 0. The first-order valence-electron chi connectivity index (χ1n) is 7.56. The molecule has 7 N–H and O–H groups in total. The van der Waals surface area contributed by atoms with E-state index in [-0.39, 0.29) is 5.96 Å². The van der Waals surface area contributed by atoms with Gasteiger partial charge in [-0.3, -0.25) is 10.8 Å². The van der Waals surface area contributed by atoms with Gasteiger partial charge in [0.25, 0.3) is 0 Å². The van der Waals surface area contributed by atoms with Crippen LogP contribution in [0.1, 0.15) is 46.5 Å². The molecule has 0 amide bonds. The second-order valence-electron chi connectivity index (χ2n) is 5.81. The highest BCUT2D eigenvalue weighted by Crippen LogP contribution is 2.03. The number of nitrogens with one attached hydrogen (secondary N) is 5. The van der Waals surface area contributed by atoms with Crippen molar-refractivity contribution in [2.75, 3.05) is 19.6 Å². The van der Waals surface area contributed by atoms with Crippen molar-refractivity contribution < 1.29 is 0 Å². The van der Waals surface area contributed by atoms with Gasteiger partial charge in [-0.1, -0.05) is 20.8 Å². The van der Waals surface area contributed by atoms with Crippen molar-refractivity contribution in [3.63, 3.8) is 0 Å². The average Bonchev–Trinajstić information content (AvgIpc) is 2.37. The molecule has 0 fully saturated rings. The molecule has 6 heteroatoms. The summed E-state index contributed by atoms with van der Waals surface area (Å²) in [5.74, 6) is 1.68. The molecular formula is C14H32N6. The third-order valence-corrected chi connectivity index (χ3v) is 3.08. The molecule has 20 heavy (non-hydrogen) atoms. The number of nitrogens with two attached hydrogens (primary N) is 1. The molecule has 0 aliphatic carbocycles. The van der Waals surface area contributed by atoms with Gasteiger partial charge in [0.15, 0.2) is 11.9 Å². The summed E-state index contributed by atoms with van der Waals surface area (Å²) >= 11 is 0. The van der Waals surface area contributed by atoms with E-state index >= 15 is 0 Å². The molecule has 0 spiro atoms. The summed E-state index contributed by atoms with van der Waals surface area (Å²) < 4.78 is 0. The van der Waals surface area contributed by atoms with Crippen molar-refractivity contribution >= 4 is 11.9 Å². The van der Waals surface area contributed by atoms with Gasteiger partial charge < -0.3 is 21.7 Å². The summed E-state index contributed by atoms with van der Waals surface area (Å²) in [6.07, 6.45) is 4.33. The topological polar surface area (TPSA) is 110 Å². The quantitative estimate of drug-likeness (QED) is 0.207. The molecule has 0 rings (SSSR count). The molecule has 0 aromatic carbocycles. The SMILES string of the molecule is CC(C)CCCNC(=N)NCC(C)CCCNC(=N)N. The summed E-state index contributed by atoms with van der Waals surface area (Å²) in [5, 5.41) is 23.8. The van der Waals surface area contributed by atoms with Crippen molar-refractivity contribution in [3.05, 3.63) is 0 Å². The molecule has 0 aliphatic rings. The average molecular weight is 284 g/mol. The van der Waals surface area contributed by atoms with Crippen LogP contribution in [0.2, 0.25) is 0 Å². The normalized spacial score (nSPS) is 12.0. The predicted molar refractivity (Wildman–Crippen MR) is 86.1 cm³/mol. The van der Waals surface area contributed by atoms with Crippen LogP contribution in [0.4, 0.5) is 0 Å². The van der Waals surface area contributed by atoms with Gasteiger partial charge in [0.1, 0.15) is 0 Å². The molecular weight excluding hydrogens is 252 g/mol. The Morgan fingerprint density at radius 3 is 2.15 bits per heavy atom. The van der Waals surface area contributed by atoms with Crippen molar-refractivity contribution in [3.8, 4) is 0 Å². The van der Waals surface area contributed by atoms with E-state index in [0.29, 0.717) is 11.9 Å². The first-order chi connectivity index (χ1) is 9.41. The maximum atomic E-state index is 7.76. The third-order valence-electron chi connectivity index (χ3n) is 3.08. The molecule has 118 valence electrons. The van der Waals surface area contributed by atoms with Gasteiger partial charge in [-0.05, 0) is 37.5 Å². The lowest BCUT2D eigenvalue weighted by Gasteiger charge is -2.15. The van der Waals surface area contributed by atoms with Gasteiger partial charge in [0.2, 0.25) is 0 Å². The number of guanidine groups is 2. The summed E-state index contributed by atoms with van der Waals surface area (Å²) in [4.78, 5) is 0. The Labute approximate surface area is 123 Å². The Morgan fingerprint density at radius 1 is 0.950 bits per heavy atom. The Bertz CT molecular complexity index is 277. The van der Waals surface area contributed by atoms with Crippen molar-refractivity contribution in [1.82, 2.24) is 16.0 Å². The summed E-state index contributed by atoms with van der Waals surface area (Å²) in [7, 11) is 0. The largest absolute Gasteiger partial charge is 0.370 e. The minimum atomic E-state index is 0.0307. The second-order valence-corrected chi connectivity index (χ2v) is 5.81. The zero-order chi connectivity index (χ0) is 15.4. The van der Waals surface area contributed by atoms with E-state index in [1.807, 2.05) is 0 Å². The van der Waals surface area contributed by atoms with Crippen LogP contribution in [-0.2, 0) is 0 Å². The molecule has 0 aromatic rings. The van der Waals surface area contributed by atoms with Crippen LogP contribution in [0.25, 0.3) is 0 Å². The molecule has 0 aliphatic heterocycles. The Morgan fingerprint density at radius 2 is 1.55 bits per heavy atom. The van der Waals surface area contributed by atoms with Crippen molar-refractivity contribution in [2.45, 2.75) is 46.5 Å². The third kappa shape index (κ3) is 13.0. The number of hydrogen-bond acceptors (Lipinski definition) is 2. The molecule has 1 atom stereocenters. The van der Waals surface area contributed by atoms with Gasteiger partial charge in [-0.25, -0.2) is 0 Å². The van der Waals surface area contributed by atoms with Gasteiger partial charge >= 0.3 is 0 Å². The predicted octanol–water partition coefficient (Wildman–Crippen LogP) is 1.44. The van der Waals surface area contributed by atoms with Crippen LogP contribution in [0.5, 0.6) is 0 Å². The standard InChI is InChI=1S/C14H32N6/c1-11(2)6-4-9-19-14(17)20-10-12(3)7-5-8-18-13(15)16/h11-12H,4-10H2,1-3H3,(H4,15,16,18)(H3,17,19,20). The maximum Gasteiger partial charge on any atom is 0.188 e. The smallest absolute Gasteiger partial charge is 0.188 e. The van der Waals surface area contributed by atoms with Gasteiger partial charge in [0, 0.05) is 19.6 Å². The van der Waals surface area contributed by atoms with E-state index in [1.54, 1.807) is 0 Å². The fourth-order valence-electron chi connectivity index (χ4n) is 1.84. The van der Waals surface area contributed by atoms with Crippen LogP contribution in [0.15, 0.2) is 0 Å². The molecule has 0 aromatic heterocycles. The summed E-state index contributed by atoms with van der Waals surface area (Å²) in [6.45, 7) is 8.99. The fourth-order valence-corrected chi connectivity index (χ4v) is 1.84. The van der Waals surface area contributed by atoms with Gasteiger partial charge in [-0.2, -0.15) is 0 Å². The molecule has 0 saturated carbocycles. The second kappa shape index (κ2) is 11.4. The van der Waals surface area contributed by atoms with Crippen LogP contribution < -0.4 is 21.7 Å². The Balaban J connectivity index is 3.46. The lowest BCUT2D eigenvalue weighted by Crippen LogP contribution is -2.39. The zero-order valence-corrected chi connectivity index (χ0v) is 13.2. The fraction of sp³-hybridized carbons (Fsp3) is 0.857. The molecule has 0 saturated heterocycles. The monoisotopic (exact) mass is 284 g/mol. The first kappa shape index (κ1) is 18.5. The molecule has 0 radical (unpaired) electrons. The van der Waals surface area contributed by atoms with E-state index in [4.69, 9.17) is 16.6 Å². The van der Waals surface area contributed by atoms with E-state index in [2.05, 4.69) is 36.7 Å². The Kier molecular flexibility index (Phi) is 10.5. The first-order valence-corrected chi connectivity index (χ1v) is 7.56. The minimum absolute atomic E-state index is 0.0307. The number of rotatable bonds is 10. The van der Waals surface area contributed by atoms with Crippen LogP contribution in [0.3, 0.4) is 0 Å². The highest BCUT2D eigenvalue weighted by atomic mass is 15.1. The van der Waals surface area contributed by atoms with Crippen molar-refractivity contribution in [1.29, 1.82) is 10.8 Å². The highest BCUT2D eigenvalue weighted by Gasteiger charge is 2.03. The Hall–Kier alpha value is -1.46. The van der Waals surface area contributed by atoms with Gasteiger partial charge in [0.05, 0.1) is 0 Å². The van der Waals surface area contributed by atoms with Crippen LogP contribution >= 0.6 is 0 Å². The van der Waals surface area contributed by atoms with E-state index in [9.17, 15) is 0 Å². The van der Waals surface area contributed by atoms with E-state index in [1.165, 1.54) is 6.42 Å². The van der Waals surface area contributed by atoms with Crippen LogP contribution in [-0.4, -0.2) is 31.6 Å². The molecule has 1 unspecified atom stereocenters. The zero-order valence-electron chi connectivity index (χ0n) is 13.2. The number of hydrogen-bond donors (Lipinski definition) is 6. The molecule has 0 heterocycles. The summed E-state index contributed by atoms with van der Waals surface area (Å²) in [5.41, 5.74) is 5.21. The van der Waals surface area contributed by atoms with Crippen LogP contribution in [0, 0.1) is 22.7 Å². The highest BCUT2D eigenvalue weighted by molar-refractivity contribution is 5.76. The van der Waals surface area contributed by atoms with E-state index < -0.39 is 0 Å². The van der Waals surface area contributed by atoms with E-state index in [0.717, 1.165) is 44.8 Å². The molecule has 6 nitrogen and oxygen atoms in total. The van der Waals surface area contributed by atoms with Crippen molar-refractivity contribution in [2.24, 2.45) is 17.6 Å². The molecule has 0 bridgehead atoms. The lowest BCUT2D eigenvalue weighted by molar-refractivity contribution is 0.494. The lowest BCUT2D eigenvalue weighted by atomic mass is 10.1.